The predicted octanol–water partition coefficient (Wildman–Crippen LogP) is 3.46. The summed E-state index contributed by atoms with van der Waals surface area (Å²) in [7, 11) is 0. The molecule has 0 aliphatic rings. The van der Waals surface area contributed by atoms with E-state index < -0.39 is 18.0 Å². The number of anilines is 1. The molecule has 1 atom stereocenters. The smallest absolute Gasteiger partial charge is 0.344 e. The number of rotatable bonds is 7. The first kappa shape index (κ1) is 20.2. The van der Waals surface area contributed by atoms with Gasteiger partial charge in [0.1, 0.15) is 5.75 Å². The Balaban J connectivity index is 1.90. The molecule has 1 amide bonds. The van der Waals surface area contributed by atoms with E-state index >= 15 is 0 Å². The lowest BCUT2D eigenvalue weighted by molar-refractivity contribution is -0.155. The number of hydrogen-bond donors (Lipinski definition) is 1. The number of amides is 1. The van der Waals surface area contributed by atoms with Crippen LogP contribution in [-0.4, -0.2) is 30.4 Å². The molecule has 0 aromatic heterocycles. The third kappa shape index (κ3) is 5.67. The van der Waals surface area contributed by atoms with Crippen LogP contribution in [0.25, 0.3) is 0 Å². The molecule has 2 aromatic rings. The highest BCUT2D eigenvalue weighted by Gasteiger charge is 2.20. The Labute approximate surface area is 158 Å². The molecular formula is C21H23NO5. The zero-order valence-corrected chi connectivity index (χ0v) is 15.9. The largest absolute Gasteiger partial charge is 0.482 e. The first-order chi connectivity index (χ1) is 12.8. The van der Waals surface area contributed by atoms with E-state index in [1.54, 1.807) is 30.3 Å². The van der Waals surface area contributed by atoms with Crippen molar-refractivity contribution < 1.29 is 23.9 Å². The maximum Gasteiger partial charge on any atom is 0.344 e. The molecule has 0 aliphatic heterocycles. The van der Waals surface area contributed by atoms with E-state index in [-0.39, 0.29) is 12.4 Å². The van der Waals surface area contributed by atoms with E-state index in [1.807, 2.05) is 26.0 Å². The van der Waals surface area contributed by atoms with Crippen molar-refractivity contribution in [2.24, 2.45) is 0 Å². The van der Waals surface area contributed by atoms with Crippen molar-refractivity contribution in [2.45, 2.75) is 33.8 Å². The van der Waals surface area contributed by atoms with Crippen molar-refractivity contribution in [2.75, 3.05) is 11.9 Å². The maximum absolute atomic E-state index is 12.2. The minimum Gasteiger partial charge on any atom is -0.482 e. The number of carbonyl (C=O) groups excluding carboxylic acids is 3. The van der Waals surface area contributed by atoms with Crippen molar-refractivity contribution in [1.29, 1.82) is 0 Å². The lowest BCUT2D eigenvalue weighted by Gasteiger charge is -2.15. The number of Topliss-reactive ketones (excluding diaryl/α,β-unsaturated/α-hetero) is 1. The van der Waals surface area contributed by atoms with E-state index in [0.717, 1.165) is 11.1 Å². The molecular weight excluding hydrogens is 346 g/mol. The van der Waals surface area contributed by atoms with E-state index in [0.29, 0.717) is 17.0 Å². The average Bonchev–Trinajstić information content (AvgIpc) is 2.61. The Hall–Kier alpha value is -3.15. The Morgan fingerprint density at radius 3 is 2.44 bits per heavy atom. The number of esters is 1. The van der Waals surface area contributed by atoms with Crippen LogP contribution < -0.4 is 10.1 Å². The zero-order valence-electron chi connectivity index (χ0n) is 15.9. The van der Waals surface area contributed by atoms with Crippen LogP contribution in [0, 0.1) is 13.8 Å². The first-order valence-electron chi connectivity index (χ1n) is 8.58. The van der Waals surface area contributed by atoms with Crippen LogP contribution in [0.5, 0.6) is 5.75 Å². The molecule has 0 fully saturated rings. The van der Waals surface area contributed by atoms with E-state index in [1.165, 1.54) is 13.8 Å². The summed E-state index contributed by atoms with van der Waals surface area (Å²) in [6.07, 6.45) is -1.03. The summed E-state index contributed by atoms with van der Waals surface area (Å²) in [5.41, 5.74) is 2.78. The normalized spacial score (nSPS) is 11.4. The molecule has 0 saturated carbocycles. The predicted molar refractivity (Wildman–Crippen MR) is 102 cm³/mol. The molecule has 2 rings (SSSR count). The van der Waals surface area contributed by atoms with Gasteiger partial charge in [0.05, 0.1) is 5.69 Å². The number of aryl methyl sites for hydroxylation is 2. The van der Waals surface area contributed by atoms with Crippen molar-refractivity contribution in [1.82, 2.24) is 0 Å². The molecule has 2 aromatic carbocycles. The third-order valence-corrected chi connectivity index (χ3v) is 3.92. The fourth-order valence-corrected chi connectivity index (χ4v) is 2.52. The second-order valence-electron chi connectivity index (χ2n) is 6.28. The van der Waals surface area contributed by atoms with Crippen LogP contribution in [0.1, 0.15) is 35.3 Å². The van der Waals surface area contributed by atoms with Gasteiger partial charge in [-0.3, -0.25) is 9.59 Å². The maximum atomic E-state index is 12.2. The second kappa shape index (κ2) is 8.98. The molecule has 27 heavy (non-hydrogen) atoms. The fraction of sp³-hybridized carbons (Fsp3) is 0.286. The van der Waals surface area contributed by atoms with Crippen LogP contribution in [0.15, 0.2) is 42.5 Å². The minimum atomic E-state index is -1.03. The molecule has 142 valence electrons. The number of carbonyl (C=O) groups is 3. The Morgan fingerprint density at radius 1 is 1.07 bits per heavy atom. The summed E-state index contributed by atoms with van der Waals surface area (Å²) in [6, 6.07) is 12.3. The van der Waals surface area contributed by atoms with Crippen molar-refractivity contribution in [3.05, 3.63) is 59.2 Å². The van der Waals surface area contributed by atoms with Gasteiger partial charge in [-0.1, -0.05) is 29.8 Å². The molecule has 6 nitrogen and oxygen atoms in total. The molecule has 6 heteroatoms. The van der Waals surface area contributed by atoms with E-state index in [2.05, 4.69) is 5.32 Å². The van der Waals surface area contributed by atoms with Crippen LogP contribution in [0.2, 0.25) is 0 Å². The average molecular weight is 369 g/mol. The quantitative estimate of drug-likeness (QED) is 0.597. The number of benzene rings is 2. The van der Waals surface area contributed by atoms with Crippen molar-refractivity contribution in [3.63, 3.8) is 0 Å². The number of hydrogen-bond acceptors (Lipinski definition) is 5. The lowest BCUT2D eigenvalue weighted by atomic mass is 10.1. The first-order valence-corrected chi connectivity index (χ1v) is 8.58. The highest BCUT2D eigenvalue weighted by atomic mass is 16.6. The highest BCUT2D eigenvalue weighted by molar-refractivity contribution is 6.04. The van der Waals surface area contributed by atoms with Crippen LogP contribution in [0.4, 0.5) is 5.69 Å². The number of ether oxygens (including phenoxy) is 2. The fourth-order valence-electron chi connectivity index (χ4n) is 2.52. The van der Waals surface area contributed by atoms with Gasteiger partial charge in [-0.05, 0) is 51.5 Å². The molecule has 0 saturated heterocycles. The van der Waals surface area contributed by atoms with Crippen molar-refractivity contribution in [3.8, 4) is 5.75 Å². The Kier molecular flexibility index (Phi) is 6.71. The van der Waals surface area contributed by atoms with Gasteiger partial charge in [0.25, 0.3) is 5.91 Å². The van der Waals surface area contributed by atoms with Gasteiger partial charge in [-0.2, -0.15) is 0 Å². The van der Waals surface area contributed by atoms with Gasteiger partial charge in [-0.25, -0.2) is 4.79 Å². The van der Waals surface area contributed by atoms with Gasteiger partial charge in [-0.15, -0.1) is 0 Å². The minimum absolute atomic E-state index is 0.169. The third-order valence-electron chi connectivity index (χ3n) is 3.92. The molecule has 0 heterocycles. The van der Waals surface area contributed by atoms with E-state index in [4.69, 9.17) is 9.47 Å². The zero-order chi connectivity index (χ0) is 20.0. The monoisotopic (exact) mass is 369 g/mol. The number of para-hydroxylation sites is 1. The van der Waals surface area contributed by atoms with Gasteiger partial charge < -0.3 is 14.8 Å². The summed E-state index contributed by atoms with van der Waals surface area (Å²) < 4.78 is 10.6. The molecule has 0 radical (unpaired) electrons. The Morgan fingerprint density at radius 2 is 1.78 bits per heavy atom. The standard InChI is InChI=1S/C21H23NO5/c1-13-9-10-19(14(2)11-13)26-12-20(24)27-16(4)21(25)22-18-8-6-5-7-17(18)15(3)23/h5-11,16H,12H2,1-4H3,(H,22,25)/t16-/m1/s1. The SMILES string of the molecule is CC(=O)c1ccccc1NC(=O)[C@@H](C)OC(=O)COc1ccc(C)cc1C. The van der Waals surface area contributed by atoms with Crippen LogP contribution in [0.3, 0.4) is 0 Å². The Bertz CT molecular complexity index is 859. The molecule has 1 N–H and O–H groups in total. The van der Waals surface area contributed by atoms with Crippen molar-refractivity contribution >= 4 is 23.3 Å². The van der Waals surface area contributed by atoms with Gasteiger partial charge in [0, 0.05) is 5.56 Å². The van der Waals surface area contributed by atoms with Gasteiger partial charge in [0.15, 0.2) is 18.5 Å². The van der Waals surface area contributed by atoms with Gasteiger partial charge in [0.2, 0.25) is 0 Å². The molecule has 0 bridgehead atoms. The number of ketones is 1. The topological polar surface area (TPSA) is 81.7 Å². The highest BCUT2D eigenvalue weighted by Crippen LogP contribution is 2.19. The molecule has 0 unspecified atom stereocenters. The lowest BCUT2D eigenvalue weighted by Crippen LogP contribution is -2.32. The molecule has 0 spiro atoms. The summed E-state index contributed by atoms with van der Waals surface area (Å²) in [5.74, 6) is -0.761. The summed E-state index contributed by atoms with van der Waals surface area (Å²) in [5, 5.41) is 2.61. The second-order valence-corrected chi connectivity index (χ2v) is 6.28. The number of nitrogens with one attached hydrogen (secondary N) is 1. The van der Waals surface area contributed by atoms with Crippen LogP contribution in [-0.2, 0) is 14.3 Å². The molecule has 0 aliphatic carbocycles. The summed E-state index contributed by atoms with van der Waals surface area (Å²) >= 11 is 0. The van der Waals surface area contributed by atoms with Gasteiger partial charge >= 0.3 is 5.97 Å². The summed E-state index contributed by atoms with van der Waals surface area (Å²) in [6.45, 7) is 6.43. The van der Waals surface area contributed by atoms with E-state index in [9.17, 15) is 14.4 Å². The summed E-state index contributed by atoms with van der Waals surface area (Å²) in [4.78, 5) is 35.8. The van der Waals surface area contributed by atoms with Crippen LogP contribution >= 0.6 is 0 Å².